The molecule has 1 heterocycles. The van der Waals surface area contributed by atoms with Crippen molar-refractivity contribution >= 4 is 21.7 Å². The summed E-state index contributed by atoms with van der Waals surface area (Å²) in [6, 6.07) is 6.24. The van der Waals surface area contributed by atoms with Gasteiger partial charge in [0, 0.05) is 17.1 Å². The van der Waals surface area contributed by atoms with Gasteiger partial charge in [0.25, 0.3) is 0 Å². The predicted molar refractivity (Wildman–Crippen MR) is 75.8 cm³/mol. The molecule has 0 unspecified atom stereocenters. The molecule has 0 aliphatic rings. The van der Waals surface area contributed by atoms with Crippen molar-refractivity contribution in [2.75, 3.05) is 0 Å². The number of nitrogens with zero attached hydrogens (tertiary/aromatic N) is 1. The molecule has 0 atom stereocenters. The zero-order valence-corrected chi connectivity index (χ0v) is 12.3. The van der Waals surface area contributed by atoms with Crippen molar-refractivity contribution in [1.82, 2.24) is 4.98 Å². The van der Waals surface area contributed by atoms with Gasteiger partial charge in [0.1, 0.15) is 11.5 Å². The second-order valence-corrected chi connectivity index (χ2v) is 5.37. The number of hydrogen-bond acceptors (Lipinski definition) is 2. The first kappa shape index (κ1) is 13.9. The molecule has 0 radical (unpaired) electrons. The summed E-state index contributed by atoms with van der Waals surface area (Å²) in [5, 5.41) is 0. The van der Waals surface area contributed by atoms with Crippen LogP contribution in [0.5, 0.6) is 0 Å². The van der Waals surface area contributed by atoms with Crippen molar-refractivity contribution in [2.45, 2.75) is 20.3 Å². The van der Waals surface area contributed by atoms with Gasteiger partial charge in [-0.1, -0.05) is 22.0 Å². The number of carbonyl (C=O) groups excluding carboxylic acids is 1. The fourth-order valence-electron chi connectivity index (χ4n) is 1.94. The van der Waals surface area contributed by atoms with E-state index >= 15 is 0 Å². The molecule has 19 heavy (non-hydrogen) atoms. The minimum absolute atomic E-state index is 0.108. The minimum Gasteiger partial charge on any atom is -0.292 e. The maximum atomic E-state index is 13.2. The van der Waals surface area contributed by atoms with Crippen LogP contribution in [0.2, 0.25) is 0 Å². The number of carbonyl (C=O) groups is 1. The smallest absolute Gasteiger partial charge is 0.185 e. The third-order valence-electron chi connectivity index (χ3n) is 2.84. The van der Waals surface area contributed by atoms with Crippen molar-refractivity contribution in [1.29, 1.82) is 0 Å². The Balaban J connectivity index is 2.28. The lowest BCUT2D eigenvalue weighted by Gasteiger charge is -2.07. The topological polar surface area (TPSA) is 30.0 Å². The molecule has 4 heteroatoms. The largest absolute Gasteiger partial charge is 0.292 e. The highest BCUT2D eigenvalue weighted by atomic mass is 79.9. The van der Waals surface area contributed by atoms with Gasteiger partial charge >= 0.3 is 0 Å². The summed E-state index contributed by atoms with van der Waals surface area (Å²) in [5.74, 6) is -0.455. The number of pyridine rings is 1. The highest BCUT2D eigenvalue weighted by Gasteiger charge is 2.13. The molecule has 0 N–H and O–H groups in total. The lowest BCUT2D eigenvalue weighted by molar-refractivity contribution is 0.0987. The van der Waals surface area contributed by atoms with Crippen LogP contribution in [0.3, 0.4) is 0 Å². The van der Waals surface area contributed by atoms with Gasteiger partial charge in [0.05, 0.1) is 0 Å². The summed E-state index contributed by atoms with van der Waals surface area (Å²) in [4.78, 5) is 16.4. The van der Waals surface area contributed by atoms with E-state index in [0.29, 0.717) is 11.3 Å². The predicted octanol–water partition coefficient (Wildman–Crippen LogP) is 4.03. The Hall–Kier alpha value is -1.55. The van der Waals surface area contributed by atoms with Crippen molar-refractivity contribution in [3.63, 3.8) is 0 Å². The van der Waals surface area contributed by atoms with Crippen LogP contribution in [0.25, 0.3) is 0 Å². The fourth-order valence-corrected chi connectivity index (χ4v) is 2.33. The van der Waals surface area contributed by atoms with E-state index in [9.17, 15) is 9.18 Å². The van der Waals surface area contributed by atoms with Crippen LogP contribution < -0.4 is 0 Å². The number of Topliss-reactive ketones (excluding diaryl/α,β-unsaturated/α-hetero) is 1. The molecule has 1 aromatic carbocycles. The Kier molecular flexibility index (Phi) is 4.10. The van der Waals surface area contributed by atoms with Gasteiger partial charge in [0.15, 0.2) is 5.78 Å². The first-order chi connectivity index (χ1) is 8.97. The monoisotopic (exact) mass is 321 g/mol. The Morgan fingerprint density at radius 1 is 1.32 bits per heavy atom. The second-order valence-electron chi connectivity index (χ2n) is 4.51. The van der Waals surface area contributed by atoms with E-state index in [2.05, 4.69) is 20.9 Å². The molecule has 0 aliphatic heterocycles. The first-order valence-electron chi connectivity index (χ1n) is 5.88. The molecule has 0 bridgehead atoms. The quantitative estimate of drug-likeness (QED) is 0.799. The normalized spacial score (nSPS) is 10.5. The molecule has 0 spiro atoms. The molecule has 0 saturated carbocycles. The highest BCUT2D eigenvalue weighted by Crippen LogP contribution is 2.20. The molecular weight excluding hydrogens is 309 g/mol. The Morgan fingerprint density at radius 2 is 2.05 bits per heavy atom. The lowest BCUT2D eigenvalue weighted by Crippen LogP contribution is -2.09. The van der Waals surface area contributed by atoms with Crippen molar-refractivity contribution in [2.24, 2.45) is 0 Å². The lowest BCUT2D eigenvalue weighted by atomic mass is 10.0. The Labute approximate surface area is 119 Å². The first-order valence-corrected chi connectivity index (χ1v) is 6.67. The molecule has 0 saturated heterocycles. The molecule has 2 aromatic rings. The van der Waals surface area contributed by atoms with E-state index < -0.39 is 0 Å². The summed E-state index contributed by atoms with van der Waals surface area (Å²) < 4.78 is 13.9. The van der Waals surface area contributed by atoms with Gasteiger partial charge in [-0.25, -0.2) is 4.39 Å². The number of benzene rings is 1. The van der Waals surface area contributed by atoms with E-state index in [4.69, 9.17) is 0 Å². The molecule has 0 aliphatic carbocycles. The van der Waals surface area contributed by atoms with Crippen LogP contribution in [0.15, 0.2) is 34.9 Å². The maximum absolute atomic E-state index is 13.2. The number of hydrogen-bond donors (Lipinski definition) is 0. The zero-order chi connectivity index (χ0) is 14.0. The third-order valence-corrected chi connectivity index (χ3v) is 3.61. The zero-order valence-electron chi connectivity index (χ0n) is 10.7. The summed E-state index contributed by atoms with van der Waals surface area (Å²) in [5.41, 5.74) is 2.94. The summed E-state index contributed by atoms with van der Waals surface area (Å²) in [7, 11) is 0. The van der Waals surface area contributed by atoms with E-state index in [-0.39, 0.29) is 18.0 Å². The van der Waals surface area contributed by atoms with Gasteiger partial charge in [-0.05, 0) is 48.7 Å². The molecule has 0 fully saturated rings. The SMILES string of the molecule is Cc1cnc(C(=O)Cc2cc(F)ccc2Br)c(C)c1. The minimum atomic E-state index is -0.348. The number of halogens is 2. The summed E-state index contributed by atoms with van der Waals surface area (Å²) in [6.07, 6.45) is 1.80. The molecule has 98 valence electrons. The van der Waals surface area contributed by atoms with E-state index in [0.717, 1.165) is 15.6 Å². The Morgan fingerprint density at radius 3 is 2.74 bits per heavy atom. The highest BCUT2D eigenvalue weighted by molar-refractivity contribution is 9.10. The van der Waals surface area contributed by atoms with Crippen LogP contribution in [-0.2, 0) is 6.42 Å². The van der Waals surface area contributed by atoms with E-state index in [1.165, 1.54) is 12.1 Å². The van der Waals surface area contributed by atoms with Gasteiger partial charge < -0.3 is 0 Å². The number of rotatable bonds is 3. The summed E-state index contributed by atoms with van der Waals surface area (Å²) >= 11 is 3.32. The molecular formula is C15H13BrFNO. The van der Waals surface area contributed by atoms with Gasteiger partial charge in [0.2, 0.25) is 0 Å². The van der Waals surface area contributed by atoms with Crippen LogP contribution in [0.4, 0.5) is 4.39 Å². The van der Waals surface area contributed by atoms with Crippen LogP contribution in [-0.4, -0.2) is 10.8 Å². The molecule has 0 amide bonds. The molecule has 2 rings (SSSR count). The van der Waals surface area contributed by atoms with Gasteiger partial charge in [-0.15, -0.1) is 0 Å². The van der Waals surface area contributed by atoms with Gasteiger partial charge in [-0.2, -0.15) is 0 Å². The average Bonchev–Trinajstić information content (AvgIpc) is 2.33. The number of aryl methyl sites for hydroxylation is 2. The average molecular weight is 322 g/mol. The standard InChI is InChI=1S/C15H13BrFNO/c1-9-5-10(2)15(18-8-9)14(19)7-11-6-12(17)3-4-13(11)16/h3-6,8H,7H2,1-2H3. The van der Waals surface area contributed by atoms with Crippen LogP contribution in [0.1, 0.15) is 27.2 Å². The van der Waals surface area contributed by atoms with Crippen molar-refractivity contribution in [3.05, 3.63) is 63.1 Å². The fraction of sp³-hybridized carbons (Fsp3) is 0.200. The van der Waals surface area contributed by atoms with Crippen LogP contribution in [0, 0.1) is 19.7 Å². The third kappa shape index (κ3) is 3.26. The van der Waals surface area contributed by atoms with Crippen LogP contribution >= 0.6 is 15.9 Å². The van der Waals surface area contributed by atoms with Crippen molar-refractivity contribution < 1.29 is 9.18 Å². The van der Waals surface area contributed by atoms with E-state index in [1.54, 1.807) is 12.3 Å². The summed E-state index contributed by atoms with van der Waals surface area (Å²) in [6.45, 7) is 3.78. The molecule has 1 aromatic heterocycles. The molecule has 2 nitrogen and oxygen atoms in total. The Bertz CT molecular complexity index is 640. The number of aromatic nitrogens is 1. The van der Waals surface area contributed by atoms with Crippen molar-refractivity contribution in [3.8, 4) is 0 Å². The maximum Gasteiger partial charge on any atom is 0.185 e. The second kappa shape index (κ2) is 5.61. The number of ketones is 1. The van der Waals surface area contributed by atoms with E-state index in [1.807, 2.05) is 19.9 Å². The van der Waals surface area contributed by atoms with Gasteiger partial charge in [-0.3, -0.25) is 9.78 Å².